The summed E-state index contributed by atoms with van der Waals surface area (Å²) >= 11 is 0. The Balaban J connectivity index is 1.41. The number of nitrogens with zero attached hydrogens (tertiary/aromatic N) is 1. The van der Waals surface area contributed by atoms with E-state index in [9.17, 15) is 9.59 Å². The van der Waals surface area contributed by atoms with Crippen molar-refractivity contribution < 1.29 is 24.3 Å². The van der Waals surface area contributed by atoms with Crippen molar-refractivity contribution in [2.75, 3.05) is 13.2 Å². The zero-order valence-electron chi connectivity index (χ0n) is 24.9. The molecule has 0 aliphatic heterocycles. The van der Waals surface area contributed by atoms with E-state index < -0.39 is 12.6 Å². The molecule has 7 heteroatoms. The summed E-state index contributed by atoms with van der Waals surface area (Å²) in [6.07, 6.45) is 12.7. The lowest BCUT2D eigenvalue weighted by Gasteiger charge is -2.21. The highest BCUT2D eigenvalue weighted by molar-refractivity contribution is 5.94. The highest BCUT2D eigenvalue weighted by atomic mass is 16.7. The third kappa shape index (κ3) is 13.3. The molecule has 0 atom stereocenters. The standard InChI is InChI=1S/C35H46N2O5/c1-2-3-4-5-6-7-8-9-10-14-25-36-35(40)31-21-17-29(18-22-31)26-37(41-28-34(38)39)27-30-19-23-33(24-20-30)42-32-15-12-11-13-16-32/h11-13,15-24H,2-10,14,25-28H2,1H3,(H,36,40)(H,38,39). The summed E-state index contributed by atoms with van der Waals surface area (Å²) in [4.78, 5) is 29.3. The minimum Gasteiger partial charge on any atom is -0.479 e. The van der Waals surface area contributed by atoms with Crippen LogP contribution in [0.2, 0.25) is 0 Å². The summed E-state index contributed by atoms with van der Waals surface area (Å²) in [6.45, 7) is 3.25. The highest BCUT2D eigenvalue weighted by Crippen LogP contribution is 2.22. The number of amides is 1. The molecule has 0 aromatic heterocycles. The van der Waals surface area contributed by atoms with E-state index in [1.165, 1.54) is 51.4 Å². The van der Waals surface area contributed by atoms with Crippen molar-refractivity contribution in [3.8, 4) is 11.5 Å². The third-order valence-electron chi connectivity index (χ3n) is 7.02. The number of carboxylic acids is 1. The number of carboxylic acid groups (broad SMARTS) is 1. The van der Waals surface area contributed by atoms with Crippen molar-refractivity contribution in [3.05, 3.63) is 95.6 Å². The average Bonchev–Trinajstić information content (AvgIpc) is 3.00. The number of carbonyl (C=O) groups excluding carboxylic acids is 1. The Hall–Kier alpha value is -3.68. The normalized spacial score (nSPS) is 11.0. The predicted molar refractivity (Wildman–Crippen MR) is 166 cm³/mol. The lowest BCUT2D eigenvalue weighted by Crippen LogP contribution is -2.26. The van der Waals surface area contributed by atoms with Crippen LogP contribution in [0.15, 0.2) is 78.9 Å². The first-order chi connectivity index (χ1) is 20.5. The molecule has 42 heavy (non-hydrogen) atoms. The quantitative estimate of drug-likeness (QED) is 0.0986. The van der Waals surface area contributed by atoms with Gasteiger partial charge in [0, 0.05) is 25.2 Å². The summed E-state index contributed by atoms with van der Waals surface area (Å²) in [5.74, 6) is 0.355. The molecule has 0 radical (unpaired) electrons. The van der Waals surface area contributed by atoms with E-state index in [1.807, 2.05) is 66.7 Å². The maximum absolute atomic E-state index is 12.6. The van der Waals surface area contributed by atoms with Gasteiger partial charge in [0.25, 0.3) is 5.91 Å². The van der Waals surface area contributed by atoms with Crippen molar-refractivity contribution in [1.82, 2.24) is 10.4 Å². The zero-order valence-corrected chi connectivity index (χ0v) is 24.9. The van der Waals surface area contributed by atoms with E-state index in [4.69, 9.17) is 14.7 Å². The molecule has 7 nitrogen and oxygen atoms in total. The summed E-state index contributed by atoms with van der Waals surface area (Å²) in [6, 6.07) is 24.5. The van der Waals surface area contributed by atoms with Crippen molar-refractivity contribution in [2.45, 2.75) is 84.2 Å². The van der Waals surface area contributed by atoms with Crippen molar-refractivity contribution in [3.63, 3.8) is 0 Å². The van der Waals surface area contributed by atoms with Crippen LogP contribution < -0.4 is 10.1 Å². The monoisotopic (exact) mass is 574 g/mol. The smallest absolute Gasteiger partial charge is 0.331 e. The Kier molecular flexibility index (Phi) is 15.2. The van der Waals surface area contributed by atoms with Crippen molar-refractivity contribution >= 4 is 11.9 Å². The molecule has 0 aliphatic rings. The van der Waals surface area contributed by atoms with Crippen LogP contribution in [-0.4, -0.2) is 35.2 Å². The van der Waals surface area contributed by atoms with E-state index >= 15 is 0 Å². The van der Waals surface area contributed by atoms with Gasteiger partial charge in [0.15, 0.2) is 6.61 Å². The minimum absolute atomic E-state index is 0.0748. The second-order valence-corrected chi connectivity index (χ2v) is 10.7. The predicted octanol–water partition coefficient (Wildman–Crippen LogP) is 8.15. The molecule has 0 saturated heterocycles. The molecule has 0 heterocycles. The van der Waals surface area contributed by atoms with E-state index in [-0.39, 0.29) is 5.91 Å². The van der Waals surface area contributed by atoms with Crippen LogP contribution >= 0.6 is 0 Å². The first-order valence-electron chi connectivity index (χ1n) is 15.3. The van der Waals surface area contributed by atoms with Gasteiger partial charge in [-0.3, -0.25) is 9.63 Å². The summed E-state index contributed by atoms with van der Waals surface area (Å²) in [5.41, 5.74) is 2.47. The number of carbonyl (C=O) groups is 2. The number of aliphatic carboxylic acids is 1. The largest absolute Gasteiger partial charge is 0.479 e. The topological polar surface area (TPSA) is 88.1 Å². The molecule has 0 aliphatic carbocycles. The SMILES string of the molecule is CCCCCCCCCCCCNC(=O)c1ccc(CN(Cc2ccc(Oc3ccccc3)cc2)OCC(=O)O)cc1. The first-order valence-corrected chi connectivity index (χ1v) is 15.3. The molecular formula is C35H46N2O5. The van der Waals surface area contributed by atoms with E-state index in [0.29, 0.717) is 30.9 Å². The van der Waals surface area contributed by atoms with Crippen molar-refractivity contribution in [1.29, 1.82) is 0 Å². The van der Waals surface area contributed by atoms with Crippen LogP contribution in [0.1, 0.15) is 92.6 Å². The molecule has 2 N–H and O–H groups in total. The number of ether oxygens (including phenoxy) is 1. The number of hydroxylamine groups is 2. The van der Waals surface area contributed by atoms with Gasteiger partial charge in [-0.2, -0.15) is 5.06 Å². The molecule has 1 amide bonds. The fourth-order valence-electron chi connectivity index (χ4n) is 4.67. The van der Waals surface area contributed by atoms with Gasteiger partial charge in [0.1, 0.15) is 11.5 Å². The Morgan fingerprint density at radius 3 is 1.79 bits per heavy atom. The van der Waals surface area contributed by atoms with Gasteiger partial charge in [0.05, 0.1) is 0 Å². The van der Waals surface area contributed by atoms with Crippen LogP contribution in [0, 0.1) is 0 Å². The molecular weight excluding hydrogens is 528 g/mol. The number of unbranched alkanes of at least 4 members (excludes halogenated alkanes) is 9. The van der Waals surface area contributed by atoms with Gasteiger partial charge in [-0.05, 0) is 53.9 Å². The molecule has 3 aromatic carbocycles. The Morgan fingerprint density at radius 1 is 0.690 bits per heavy atom. The maximum atomic E-state index is 12.6. The van der Waals surface area contributed by atoms with Crippen molar-refractivity contribution in [2.24, 2.45) is 0 Å². The number of nitrogens with one attached hydrogen (secondary N) is 1. The van der Waals surface area contributed by atoms with Gasteiger partial charge in [-0.25, -0.2) is 4.79 Å². The zero-order chi connectivity index (χ0) is 29.8. The first kappa shape index (κ1) is 32.8. The van der Waals surface area contributed by atoms with E-state index in [0.717, 1.165) is 29.7 Å². The van der Waals surface area contributed by atoms with Crippen LogP contribution in [0.5, 0.6) is 11.5 Å². The van der Waals surface area contributed by atoms with Gasteiger partial charge in [-0.1, -0.05) is 107 Å². The van der Waals surface area contributed by atoms with Crippen LogP contribution in [0.25, 0.3) is 0 Å². The van der Waals surface area contributed by atoms with E-state index in [2.05, 4.69) is 12.2 Å². The van der Waals surface area contributed by atoms with Crippen LogP contribution in [0.4, 0.5) is 0 Å². The Labute approximate surface area is 250 Å². The van der Waals surface area contributed by atoms with Gasteiger partial charge in [-0.15, -0.1) is 0 Å². The molecule has 226 valence electrons. The lowest BCUT2D eigenvalue weighted by molar-refractivity contribution is -0.190. The van der Waals surface area contributed by atoms with Gasteiger partial charge < -0.3 is 15.2 Å². The molecule has 0 saturated carbocycles. The lowest BCUT2D eigenvalue weighted by atomic mass is 10.1. The van der Waals surface area contributed by atoms with Crippen LogP contribution in [0.3, 0.4) is 0 Å². The summed E-state index contributed by atoms with van der Waals surface area (Å²) < 4.78 is 5.85. The molecule has 3 rings (SSSR count). The van der Waals surface area contributed by atoms with Crippen LogP contribution in [-0.2, 0) is 22.7 Å². The van der Waals surface area contributed by atoms with Gasteiger partial charge in [0.2, 0.25) is 0 Å². The minimum atomic E-state index is -1.04. The average molecular weight is 575 g/mol. The second-order valence-electron chi connectivity index (χ2n) is 10.7. The molecule has 3 aromatic rings. The summed E-state index contributed by atoms with van der Waals surface area (Å²) in [5, 5.41) is 13.8. The summed E-state index contributed by atoms with van der Waals surface area (Å²) in [7, 11) is 0. The maximum Gasteiger partial charge on any atom is 0.331 e. The number of benzene rings is 3. The number of rotatable bonds is 21. The Morgan fingerprint density at radius 2 is 1.21 bits per heavy atom. The third-order valence-corrected chi connectivity index (χ3v) is 7.02. The fraction of sp³-hybridized carbons (Fsp3) is 0.429. The highest BCUT2D eigenvalue weighted by Gasteiger charge is 2.12. The van der Waals surface area contributed by atoms with Gasteiger partial charge >= 0.3 is 5.97 Å². The number of hydrogen-bond acceptors (Lipinski definition) is 5. The number of para-hydroxylation sites is 1. The fourth-order valence-corrected chi connectivity index (χ4v) is 4.67. The van der Waals surface area contributed by atoms with E-state index in [1.54, 1.807) is 17.2 Å². The molecule has 0 spiro atoms. The Bertz CT molecular complexity index is 1170. The molecule has 0 fully saturated rings. The number of hydrogen-bond donors (Lipinski definition) is 2. The molecule has 0 bridgehead atoms. The molecule has 0 unspecified atom stereocenters. The second kappa shape index (κ2) is 19.4.